The Hall–Kier alpha value is -2.60. The lowest BCUT2D eigenvalue weighted by Crippen LogP contribution is -2.16. The van der Waals surface area contributed by atoms with Crippen LogP contribution in [0.3, 0.4) is 0 Å². The second kappa shape index (κ2) is 5.49. The molecule has 0 fully saturated rings. The van der Waals surface area contributed by atoms with Gasteiger partial charge >= 0.3 is 0 Å². The molecule has 5 nitrogen and oxygen atoms in total. The summed E-state index contributed by atoms with van der Waals surface area (Å²) in [5.74, 6) is 0.0824. The van der Waals surface area contributed by atoms with Crippen molar-refractivity contribution in [2.24, 2.45) is 10.9 Å². The average molecular weight is 338 g/mol. The van der Waals surface area contributed by atoms with Crippen molar-refractivity contribution >= 4 is 40.0 Å². The van der Waals surface area contributed by atoms with Crippen LogP contribution in [-0.2, 0) is 6.42 Å². The zero-order valence-corrected chi connectivity index (χ0v) is 13.8. The summed E-state index contributed by atoms with van der Waals surface area (Å²) >= 11 is 1.24. The number of hydrogen-bond acceptors (Lipinski definition) is 6. The zero-order valence-electron chi connectivity index (χ0n) is 12.9. The quantitative estimate of drug-likeness (QED) is 0.845. The van der Waals surface area contributed by atoms with Crippen LogP contribution in [0.25, 0.3) is 5.76 Å². The Bertz CT molecular complexity index is 939. The smallest absolute Gasteiger partial charge is 0.210 e. The van der Waals surface area contributed by atoms with Gasteiger partial charge in [0.25, 0.3) is 0 Å². The summed E-state index contributed by atoms with van der Waals surface area (Å²) < 4.78 is 0. The van der Waals surface area contributed by atoms with E-state index < -0.39 is 0 Å². The molecule has 0 amide bonds. The Kier molecular flexibility index (Phi) is 3.42. The van der Waals surface area contributed by atoms with Gasteiger partial charge < -0.3 is 5.11 Å². The third kappa shape index (κ3) is 2.30. The number of aliphatic hydroxyl groups is 1. The van der Waals surface area contributed by atoms with Crippen molar-refractivity contribution in [3.8, 4) is 0 Å². The molecular weight excluding hydrogens is 324 g/mol. The molecule has 0 spiro atoms. The first-order chi connectivity index (χ1) is 11.5. The number of nitrogens with zero attached hydrogens (tertiary/aromatic N) is 2. The summed E-state index contributed by atoms with van der Waals surface area (Å²) in [4.78, 5) is 33.7. The van der Waals surface area contributed by atoms with Crippen molar-refractivity contribution in [3.63, 3.8) is 0 Å². The van der Waals surface area contributed by atoms with Crippen molar-refractivity contribution in [1.29, 1.82) is 0 Å². The lowest BCUT2D eigenvalue weighted by atomic mass is 9.92. The van der Waals surface area contributed by atoms with Crippen molar-refractivity contribution in [1.82, 2.24) is 4.98 Å². The summed E-state index contributed by atoms with van der Waals surface area (Å²) in [6, 6.07) is 6.90. The molecule has 1 N–H and O–H groups in total. The maximum atomic E-state index is 12.3. The summed E-state index contributed by atoms with van der Waals surface area (Å²) in [5.41, 5.74) is 1.93. The van der Waals surface area contributed by atoms with Gasteiger partial charge in [-0.15, -0.1) is 0 Å². The minimum absolute atomic E-state index is 0.0645. The Morgan fingerprint density at radius 1 is 1.25 bits per heavy atom. The highest BCUT2D eigenvalue weighted by molar-refractivity contribution is 7.17. The van der Waals surface area contributed by atoms with E-state index in [1.807, 2.05) is 6.92 Å². The van der Waals surface area contributed by atoms with E-state index in [1.54, 1.807) is 24.3 Å². The first-order valence-corrected chi connectivity index (χ1v) is 8.50. The third-order valence-corrected chi connectivity index (χ3v) is 5.29. The number of aliphatic hydroxyl groups excluding tert-OH is 1. The molecule has 0 bridgehead atoms. The van der Waals surface area contributed by atoms with Crippen LogP contribution in [0.2, 0.25) is 0 Å². The van der Waals surface area contributed by atoms with Crippen molar-refractivity contribution in [2.75, 3.05) is 0 Å². The Morgan fingerprint density at radius 3 is 2.75 bits per heavy atom. The molecule has 0 unspecified atom stereocenters. The third-order valence-electron chi connectivity index (χ3n) is 4.25. The topological polar surface area (TPSA) is 79.6 Å². The first-order valence-electron chi connectivity index (χ1n) is 7.69. The molecule has 4 rings (SSSR count). The van der Waals surface area contributed by atoms with Crippen molar-refractivity contribution in [3.05, 3.63) is 51.5 Å². The van der Waals surface area contributed by atoms with Crippen molar-refractivity contribution in [2.45, 2.75) is 19.8 Å². The fraction of sp³-hybridized carbons (Fsp3) is 0.222. The predicted molar refractivity (Wildman–Crippen MR) is 92.4 cm³/mol. The highest BCUT2D eigenvalue weighted by Crippen LogP contribution is 2.34. The number of aromatic nitrogens is 1. The van der Waals surface area contributed by atoms with Gasteiger partial charge in [-0.1, -0.05) is 42.5 Å². The molecule has 24 heavy (non-hydrogen) atoms. The van der Waals surface area contributed by atoms with Gasteiger partial charge in [0.2, 0.25) is 5.13 Å². The number of ketones is 2. The second-order valence-electron chi connectivity index (χ2n) is 6.10. The number of aliphatic imine (C=N–C) groups is 1. The molecule has 1 atom stereocenters. The Morgan fingerprint density at radius 2 is 2.00 bits per heavy atom. The second-order valence-corrected chi connectivity index (χ2v) is 7.08. The zero-order chi connectivity index (χ0) is 16.8. The molecule has 1 aromatic carbocycles. The van der Waals surface area contributed by atoms with Gasteiger partial charge in [-0.2, -0.15) is 0 Å². The number of carbonyl (C=O) groups is 2. The standard InChI is InChI=1S/C18H14N2O3S/c1-9-6-13-17(14(21)7-9)24-18(20-13)19-8-12-15(22)10-4-2-3-5-11(10)16(12)23/h2-5,8-9,22H,6-7H2,1H3/t9-/m0/s1. The minimum Gasteiger partial charge on any atom is -0.506 e. The molecule has 2 aliphatic rings. The van der Waals surface area contributed by atoms with Gasteiger partial charge in [0.1, 0.15) is 5.76 Å². The van der Waals surface area contributed by atoms with Gasteiger partial charge in [-0.05, 0) is 12.3 Å². The van der Waals surface area contributed by atoms with Gasteiger partial charge in [0.15, 0.2) is 11.6 Å². The van der Waals surface area contributed by atoms with Crippen LogP contribution in [0, 0.1) is 5.92 Å². The monoisotopic (exact) mass is 338 g/mol. The van der Waals surface area contributed by atoms with Crippen LogP contribution in [0.4, 0.5) is 5.13 Å². The number of allylic oxidation sites excluding steroid dienone is 1. The highest BCUT2D eigenvalue weighted by Gasteiger charge is 2.29. The highest BCUT2D eigenvalue weighted by atomic mass is 32.1. The lowest BCUT2D eigenvalue weighted by Gasteiger charge is -2.14. The van der Waals surface area contributed by atoms with E-state index in [0.717, 1.165) is 12.1 Å². The lowest BCUT2D eigenvalue weighted by molar-refractivity contribution is 0.0956. The molecule has 120 valence electrons. The molecule has 0 aliphatic heterocycles. The molecule has 0 radical (unpaired) electrons. The summed E-state index contributed by atoms with van der Waals surface area (Å²) in [6.07, 6.45) is 2.65. The predicted octanol–water partition coefficient (Wildman–Crippen LogP) is 3.78. The largest absolute Gasteiger partial charge is 0.506 e. The number of thiazole rings is 1. The van der Waals surface area contributed by atoms with E-state index in [1.165, 1.54) is 17.6 Å². The van der Waals surface area contributed by atoms with Crippen LogP contribution < -0.4 is 0 Å². The summed E-state index contributed by atoms with van der Waals surface area (Å²) in [7, 11) is 0. The summed E-state index contributed by atoms with van der Waals surface area (Å²) in [6.45, 7) is 2.03. The van der Waals surface area contributed by atoms with E-state index in [4.69, 9.17) is 0 Å². The normalized spacial score (nSPS) is 20.0. The fourth-order valence-corrected chi connectivity index (χ4v) is 3.97. The Labute approximate surface area is 142 Å². The van der Waals surface area contributed by atoms with Crippen LogP contribution >= 0.6 is 11.3 Å². The Balaban J connectivity index is 1.66. The number of Topliss-reactive ketones (excluding diaryl/α,β-unsaturated/α-hetero) is 2. The van der Waals surface area contributed by atoms with Crippen LogP contribution in [0.5, 0.6) is 0 Å². The van der Waals surface area contributed by atoms with E-state index in [9.17, 15) is 14.7 Å². The average Bonchev–Trinajstić information content (AvgIpc) is 3.07. The first kappa shape index (κ1) is 15.0. The maximum Gasteiger partial charge on any atom is 0.210 e. The SMILES string of the molecule is C[C@@H]1CC(=O)c2sc(N=CC3=C(O)c4ccccc4C3=O)nc2C1. The molecule has 1 aromatic heterocycles. The van der Waals surface area contributed by atoms with E-state index in [2.05, 4.69) is 9.98 Å². The number of hydrogen-bond donors (Lipinski definition) is 1. The molecule has 2 aromatic rings. The van der Waals surface area contributed by atoms with E-state index >= 15 is 0 Å². The molecule has 6 heteroatoms. The van der Waals surface area contributed by atoms with Gasteiger partial charge in [0.05, 0.1) is 16.1 Å². The van der Waals surface area contributed by atoms with Crippen molar-refractivity contribution < 1.29 is 14.7 Å². The molecule has 1 heterocycles. The van der Waals surface area contributed by atoms with Gasteiger partial charge in [-0.3, -0.25) is 9.59 Å². The summed E-state index contributed by atoms with van der Waals surface area (Å²) in [5, 5.41) is 10.7. The van der Waals surface area contributed by atoms with Crippen LogP contribution in [-0.4, -0.2) is 27.9 Å². The van der Waals surface area contributed by atoms with Crippen LogP contribution in [0.1, 0.15) is 44.6 Å². The maximum absolute atomic E-state index is 12.3. The molecule has 2 aliphatic carbocycles. The fourth-order valence-electron chi connectivity index (χ4n) is 3.09. The van der Waals surface area contributed by atoms with E-state index in [0.29, 0.717) is 33.5 Å². The minimum atomic E-state index is -0.252. The van der Waals surface area contributed by atoms with Gasteiger partial charge in [-0.25, -0.2) is 9.98 Å². The van der Waals surface area contributed by atoms with E-state index in [-0.39, 0.29) is 22.9 Å². The van der Waals surface area contributed by atoms with Gasteiger partial charge in [0, 0.05) is 23.8 Å². The molecular formula is C18H14N2O3S. The number of benzene rings is 1. The molecule has 0 saturated carbocycles. The van der Waals surface area contributed by atoms with Crippen LogP contribution in [0.15, 0.2) is 34.8 Å². The molecule has 0 saturated heterocycles. The number of carbonyl (C=O) groups excluding carboxylic acids is 2. The number of rotatable bonds is 2. The number of fused-ring (bicyclic) bond motifs is 2.